The van der Waals surface area contributed by atoms with Gasteiger partial charge in [0.2, 0.25) is 0 Å². The standard InChI is InChI=1S/C12H10Cl2N2O2S/c13-10-5-2-6-11(12(10)14)16-19(17,18)9-4-1-3-8(15)7-9/h1-7,16H,15H2. The van der Waals surface area contributed by atoms with Crippen molar-refractivity contribution in [1.29, 1.82) is 0 Å². The first kappa shape index (κ1) is 14.0. The van der Waals surface area contributed by atoms with E-state index in [0.717, 1.165) is 0 Å². The molecule has 4 nitrogen and oxygen atoms in total. The molecular formula is C12H10Cl2N2O2S. The fraction of sp³-hybridized carbons (Fsp3) is 0. The Bertz CT molecular complexity index is 717. The minimum Gasteiger partial charge on any atom is -0.399 e. The van der Waals surface area contributed by atoms with Crippen molar-refractivity contribution in [2.75, 3.05) is 10.5 Å². The summed E-state index contributed by atoms with van der Waals surface area (Å²) < 4.78 is 26.7. The molecule has 0 amide bonds. The van der Waals surface area contributed by atoms with E-state index in [9.17, 15) is 8.42 Å². The molecular weight excluding hydrogens is 307 g/mol. The average molecular weight is 317 g/mol. The number of sulfonamides is 1. The molecule has 0 atom stereocenters. The number of nitrogens with two attached hydrogens (primary N) is 1. The van der Waals surface area contributed by atoms with E-state index in [-0.39, 0.29) is 20.6 Å². The highest BCUT2D eigenvalue weighted by Gasteiger charge is 2.16. The van der Waals surface area contributed by atoms with Crippen LogP contribution >= 0.6 is 23.2 Å². The van der Waals surface area contributed by atoms with Gasteiger partial charge in [-0.05, 0) is 30.3 Å². The summed E-state index contributed by atoms with van der Waals surface area (Å²) in [5.74, 6) is 0. The smallest absolute Gasteiger partial charge is 0.262 e. The molecule has 100 valence electrons. The normalized spacial score (nSPS) is 11.3. The first-order valence-electron chi connectivity index (χ1n) is 5.22. The van der Waals surface area contributed by atoms with Gasteiger partial charge in [0.05, 0.1) is 20.6 Å². The third-order valence-electron chi connectivity index (χ3n) is 2.36. The number of halogens is 2. The summed E-state index contributed by atoms with van der Waals surface area (Å²) in [6, 6.07) is 10.7. The Morgan fingerprint density at radius 2 is 1.74 bits per heavy atom. The van der Waals surface area contributed by atoms with E-state index in [1.165, 1.54) is 18.2 Å². The van der Waals surface area contributed by atoms with Crippen LogP contribution in [0.2, 0.25) is 10.0 Å². The van der Waals surface area contributed by atoms with Crippen molar-refractivity contribution >= 4 is 44.6 Å². The van der Waals surface area contributed by atoms with Gasteiger partial charge in [0.25, 0.3) is 10.0 Å². The zero-order chi connectivity index (χ0) is 14.0. The van der Waals surface area contributed by atoms with E-state index < -0.39 is 10.0 Å². The summed E-state index contributed by atoms with van der Waals surface area (Å²) in [5, 5.41) is 0.422. The van der Waals surface area contributed by atoms with Crippen LogP contribution in [0.4, 0.5) is 11.4 Å². The third kappa shape index (κ3) is 3.12. The monoisotopic (exact) mass is 316 g/mol. The second-order valence-electron chi connectivity index (χ2n) is 3.78. The molecule has 0 aliphatic rings. The van der Waals surface area contributed by atoms with Gasteiger partial charge in [0, 0.05) is 5.69 Å². The van der Waals surface area contributed by atoms with Crippen LogP contribution in [0.1, 0.15) is 0 Å². The van der Waals surface area contributed by atoms with Crippen molar-refractivity contribution in [2.24, 2.45) is 0 Å². The fourth-order valence-corrected chi connectivity index (χ4v) is 3.00. The van der Waals surface area contributed by atoms with Crippen molar-refractivity contribution in [3.05, 3.63) is 52.5 Å². The molecule has 0 spiro atoms. The highest BCUT2D eigenvalue weighted by atomic mass is 35.5. The van der Waals surface area contributed by atoms with Crippen LogP contribution in [0, 0.1) is 0 Å². The van der Waals surface area contributed by atoms with Crippen LogP contribution in [0.5, 0.6) is 0 Å². The molecule has 0 bridgehead atoms. The molecule has 0 heterocycles. The minimum absolute atomic E-state index is 0.0588. The molecule has 0 aliphatic carbocycles. The minimum atomic E-state index is -3.75. The van der Waals surface area contributed by atoms with Crippen molar-refractivity contribution in [3.8, 4) is 0 Å². The average Bonchev–Trinajstić information content (AvgIpc) is 2.35. The number of anilines is 2. The largest absolute Gasteiger partial charge is 0.399 e. The van der Waals surface area contributed by atoms with Gasteiger partial charge in [-0.15, -0.1) is 0 Å². The van der Waals surface area contributed by atoms with Gasteiger partial charge in [0.15, 0.2) is 0 Å². The molecule has 0 aromatic heterocycles. The number of rotatable bonds is 3. The molecule has 0 unspecified atom stereocenters. The topological polar surface area (TPSA) is 72.2 Å². The summed E-state index contributed by atoms with van der Waals surface area (Å²) in [5.41, 5.74) is 6.14. The Morgan fingerprint density at radius 3 is 2.42 bits per heavy atom. The number of nitrogens with one attached hydrogen (secondary N) is 1. The zero-order valence-corrected chi connectivity index (χ0v) is 11.9. The van der Waals surface area contributed by atoms with E-state index in [4.69, 9.17) is 28.9 Å². The lowest BCUT2D eigenvalue weighted by molar-refractivity contribution is 0.601. The summed E-state index contributed by atoms with van der Waals surface area (Å²) in [6.07, 6.45) is 0. The van der Waals surface area contributed by atoms with Gasteiger partial charge < -0.3 is 5.73 Å². The zero-order valence-electron chi connectivity index (χ0n) is 9.60. The molecule has 2 aromatic rings. The number of hydrogen-bond donors (Lipinski definition) is 2. The first-order valence-corrected chi connectivity index (χ1v) is 7.46. The first-order chi connectivity index (χ1) is 8.90. The Morgan fingerprint density at radius 1 is 1.05 bits per heavy atom. The van der Waals surface area contributed by atoms with Crippen LogP contribution in [0.3, 0.4) is 0 Å². The third-order valence-corrected chi connectivity index (χ3v) is 4.55. The number of benzene rings is 2. The molecule has 19 heavy (non-hydrogen) atoms. The van der Waals surface area contributed by atoms with Crippen molar-refractivity contribution in [2.45, 2.75) is 4.90 Å². The molecule has 2 rings (SSSR count). The summed E-state index contributed by atoms with van der Waals surface area (Å²) >= 11 is 11.8. The van der Waals surface area contributed by atoms with Gasteiger partial charge in [-0.2, -0.15) is 0 Å². The highest BCUT2D eigenvalue weighted by Crippen LogP contribution is 2.31. The molecule has 3 N–H and O–H groups in total. The lowest BCUT2D eigenvalue weighted by Gasteiger charge is -2.10. The quantitative estimate of drug-likeness (QED) is 0.853. The summed E-state index contributed by atoms with van der Waals surface area (Å²) in [4.78, 5) is 0.0588. The van der Waals surface area contributed by atoms with Crippen molar-refractivity contribution in [1.82, 2.24) is 0 Å². The second kappa shape index (κ2) is 5.28. The van der Waals surface area contributed by atoms with Crippen LogP contribution in [0.25, 0.3) is 0 Å². The maximum atomic E-state index is 12.1. The maximum Gasteiger partial charge on any atom is 0.262 e. The predicted octanol–water partition coefficient (Wildman–Crippen LogP) is 3.38. The Balaban J connectivity index is 2.39. The fourth-order valence-electron chi connectivity index (χ4n) is 1.47. The molecule has 0 saturated heterocycles. The van der Waals surface area contributed by atoms with Crippen molar-refractivity contribution < 1.29 is 8.42 Å². The Hall–Kier alpha value is -1.43. The van der Waals surface area contributed by atoms with Crippen LogP contribution in [-0.2, 0) is 10.0 Å². The van der Waals surface area contributed by atoms with E-state index >= 15 is 0 Å². The number of nitrogen functional groups attached to an aromatic ring is 1. The van der Waals surface area contributed by atoms with Crippen molar-refractivity contribution in [3.63, 3.8) is 0 Å². The lowest BCUT2D eigenvalue weighted by Crippen LogP contribution is -2.13. The Labute approximate surface area is 121 Å². The number of hydrogen-bond acceptors (Lipinski definition) is 3. The molecule has 0 aliphatic heterocycles. The lowest BCUT2D eigenvalue weighted by atomic mass is 10.3. The summed E-state index contributed by atoms with van der Waals surface area (Å²) in [6.45, 7) is 0. The molecule has 7 heteroatoms. The van der Waals surface area contributed by atoms with E-state index in [1.54, 1.807) is 24.3 Å². The maximum absolute atomic E-state index is 12.1. The van der Waals surface area contributed by atoms with Gasteiger partial charge in [-0.3, -0.25) is 4.72 Å². The van der Waals surface area contributed by atoms with Gasteiger partial charge in [0.1, 0.15) is 0 Å². The van der Waals surface area contributed by atoms with Crippen LogP contribution in [0.15, 0.2) is 47.4 Å². The van der Waals surface area contributed by atoms with Crippen LogP contribution in [-0.4, -0.2) is 8.42 Å². The van der Waals surface area contributed by atoms with Crippen LogP contribution < -0.4 is 10.5 Å². The van der Waals surface area contributed by atoms with E-state index in [1.807, 2.05) is 0 Å². The second-order valence-corrected chi connectivity index (χ2v) is 6.25. The molecule has 0 fully saturated rings. The molecule has 0 radical (unpaired) electrons. The van der Waals surface area contributed by atoms with Gasteiger partial charge >= 0.3 is 0 Å². The predicted molar refractivity (Wildman–Crippen MR) is 78.1 cm³/mol. The molecule has 0 saturated carbocycles. The van der Waals surface area contributed by atoms with E-state index in [0.29, 0.717) is 5.69 Å². The highest BCUT2D eigenvalue weighted by molar-refractivity contribution is 7.92. The SMILES string of the molecule is Nc1cccc(S(=O)(=O)Nc2cccc(Cl)c2Cl)c1. The van der Waals surface area contributed by atoms with Gasteiger partial charge in [-0.1, -0.05) is 35.3 Å². The summed E-state index contributed by atoms with van der Waals surface area (Å²) in [7, 11) is -3.75. The van der Waals surface area contributed by atoms with E-state index in [2.05, 4.69) is 4.72 Å². The Kier molecular flexibility index (Phi) is 3.89. The molecule has 2 aromatic carbocycles. The van der Waals surface area contributed by atoms with Gasteiger partial charge in [-0.25, -0.2) is 8.42 Å².